The maximum absolute atomic E-state index is 5.58. The van der Waals surface area contributed by atoms with Gasteiger partial charge in [-0.25, -0.2) is 4.98 Å². The Balaban J connectivity index is 2.10. The summed E-state index contributed by atoms with van der Waals surface area (Å²) in [7, 11) is -1.14. The van der Waals surface area contributed by atoms with Gasteiger partial charge >= 0.3 is 6.01 Å². The van der Waals surface area contributed by atoms with Gasteiger partial charge in [0.2, 0.25) is 5.16 Å². The average molecular weight is 322 g/mol. The van der Waals surface area contributed by atoms with Crippen LogP contribution in [0.1, 0.15) is 0 Å². The van der Waals surface area contributed by atoms with Crippen LogP contribution in [-0.4, -0.2) is 51.3 Å². The van der Waals surface area contributed by atoms with Crippen LogP contribution < -0.4 is 4.74 Å². The molecule has 2 heterocycles. The highest BCUT2D eigenvalue weighted by Crippen LogP contribution is 2.17. The van der Waals surface area contributed by atoms with Crippen LogP contribution in [-0.2, 0) is 0 Å². The summed E-state index contributed by atoms with van der Waals surface area (Å²) in [5.41, 5.74) is 1.19. The van der Waals surface area contributed by atoms with E-state index >= 15 is 0 Å². The second kappa shape index (κ2) is 6.90. The van der Waals surface area contributed by atoms with E-state index in [4.69, 9.17) is 4.74 Å². The molecular formula is C12H18N6OSSi. The van der Waals surface area contributed by atoms with Crippen molar-refractivity contribution in [3.05, 3.63) is 12.4 Å². The molecule has 0 saturated carbocycles. The monoisotopic (exact) mass is 322 g/mol. The van der Waals surface area contributed by atoms with Crippen LogP contribution in [0.3, 0.4) is 0 Å². The average Bonchev–Trinajstić information content (AvgIpc) is 2.46. The van der Waals surface area contributed by atoms with Crippen molar-refractivity contribution in [3.8, 4) is 17.4 Å². The van der Waals surface area contributed by atoms with Crippen molar-refractivity contribution >= 4 is 19.8 Å². The predicted octanol–water partition coefficient (Wildman–Crippen LogP) is 2.16. The molecule has 0 aliphatic rings. The van der Waals surface area contributed by atoms with Crippen molar-refractivity contribution in [2.45, 2.75) is 30.8 Å². The predicted molar refractivity (Wildman–Crippen MR) is 84.1 cm³/mol. The zero-order chi connectivity index (χ0) is 15.3. The van der Waals surface area contributed by atoms with Crippen LogP contribution in [0.4, 0.5) is 0 Å². The van der Waals surface area contributed by atoms with Crippen molar-refractivity contribution in [2.75, 3.05) is 12.9 Å². The van der Waals surface area contributed by atoms with Gasteiger partial charge < -0.3 is 4.74 Å². The molecule has 0 aromatic carbocycles. The van der Waals surface area contributed by atoms with Gasteiger partial charge in [0, 0.05) is 8.07 Å². The second-order valence-corrected chi connectivity index (χ2v) is 12.0. The Labute approximate surface area is 129 Å². The van der Waals surface area contributed by atoms with Gasteiger partial charge in [-0.1, -0.05) is 36.5 Å². The Morgan fingerprint density at radius 2 is 1.71 bits per heavy atom. The fraction of sp³-hybridized carbons (Fsp3) is 0.500. The van der Waals surface area contributed by atoms with E-state index in [-0.39, 0.29) is 6.01 Å². The van der Waals surface area contributed by atoms with Crippen molar-refractivity contribution in [1.82, 2.24) is 30.4 Å². The first kappa shape index (κ1) is 15.8. The Kier molecular flexibility index (Phi) is 5.18. The third-order valence-corrected chi connectivity index (χ3v) is 4.85. The molecule has 2 rings (SSSR count). The molecule has 0 atom stereocenters. The molecule has 7 nitrogen and oxygen atoms in total. The van der Waals surface area contributed by atoms with Gasteiger partial charge in [-0.3, -0.25) is 0 Å². The molecule has 2 aromatic heterocycles. The molecule has 0 N–H and O–H groups in total. The van der Waals surface area contributed by atoms with E-state index < -0.39 is 8.07 Å². The van der Waals surface area contributed by atoms with E-state index in [1.165, 1.54) is 11.8 Å². The second-order valence-electron chi connectivity index (χ2n) is 5.61. The molecule has 0 fully saturated rings. The lowest BCUT2D eigenvalue weighted by molar-refractivity contribution is 0.306. The summed E-state index contributed by atoms with van der Waals surface area (Å²) in [6.45, 7) is 7.49. The van der Waals surface area contributed by atoms with Gasteiger partial charge in [-0.15, -0.1) is 5.10 Å². The highest BCUT2D eigenvalue weighted by atomic mass is 32.2. The van der Waals surface area contributed by atoms with Crippen LogP contribution in [0.5, 0.6) is 6.01 Å². The number of aromatic nitrogens is 6. The van der Waals surface area contributed by atoms with Crippen LogP contribution in [0, 0.1) is 0 Å². The van der Waals surface area contributed by atoms with Gasteiger partial charge in [-0.05, 0) is 12.3 Å². The zero-order valence-electron chi connectivity index (χ0n) is 12.6. The Morgan fingerprint density at radius 3 is 2.38 bits per heavy atom. The maximum atomic E-state index is 5.58. The summed E-state index contributed by atoms with van der Waals surface area (Å²) in [5, 5.41) is 16.2. The highest BCUT2D eigenvalue weighted by molar-refractivity contribution is 7.98. The van der Waals surface area contributed by atoms with E-state index in [1.807, 2.05) is 6.26 Å². The first-order valence-electron chi connectivity index (χ1n) is 6.54. The first-order valence-corrected chi connectivity index (χ1v) is 11.5. The third kappa shape index (κ3) is 5.01. The molecule has 0 spiro atoms. The maximum Gasteiger partial charge on any atom is 0.336 e. The van der Waals surface area contributed by atoms with Crippen molar-refractivity contribution < 1.29 is 4.74 Å². The van der Waals surface area contributed by atoms with Gasteiger partial charge in [-0.2, -0.15) is 15.2 Å². The van der Waals surface area contributed by atoms with Gasteiger partial charge in [0.25, 0.3) is 0 Å². The standard InChI is InChI=1S/C12H18N6OSSi/c1-20-12-16-10(8-14-18-12)9-7-13-17-11(15-9)19-5-6-21(2,3)4/h7-8H,5-6H2,1-4H3. The van der Waals surface area contributed by atoms with Crippen molar-refractivity contribution in [1.29, 1.82) is 0 Å². The number of hydrogen-bond donors (Lipinski definition) is 0. The van der Waals surface area contributed by atoms with E-state index in [0.717, 1.165) is 6.04 Å². The molecular weight excluding hydrogens is 304 g/mol. The molecule has 9 heteroatoms. The summed E-state index contributed by atoms with van der Waals surface area (Å²) in [6, 6.07) is 1.32. The molecule has 21 heavy (non-hydrogen) atoms. The van der Waals surface area contributed by atoms with E-state index in [0.29, 0.717) is 23.2 Å². The number of thioether (sulfide) groups is 1. The van der Waals surface area contributed by atoms with E-state index in [1.54, 1.807) is 12.4 Å². The molecule has 2 aromatic rings. The topological polar surface area (TPSA) is 86.6 Å². The minimum atomic E-state index is -1.14. The smallest absolute Gasteiger partial charge is 0.336 e. The van der Waals surface area contributed by atoms with E-state index in [9.17, 15) is 0 Å². The Bertz CT molecular complexity index is 606. The lowest BCUT2D eigenvalue weighted by Crippen LogP contribution is -2.22. The van der Waals surface area contributed by atoms with Gasteiger partial charge in [0.05, 0.1) is 19.0 Å². The molecule has 112 valence electrons. The summed E-state index contributed by atoms with van der Waals surface area (Å²) < 4.78 is 5.58. The number of ether oxygens (including phenoxy) is 1. The molecule has 0 radical (unpaired) electrons. The van der Waals surface area contributed by atoms with Crippen molar-refractivity contribution in [3.63, 3.8) is 0 Å². The number of rotatable bonds is 6. The molecule has 0 amide bonds. The van der Waals surface area contributed by atoms with Crippen LogP contribution in [0.15, 0.2) is 17.6 Å². The molecule has 0 saturated heterocycles. The Morgan fingerprint density at radius 1 is 1.05 bits per heavy atom. The fourth-order valence-electron chi connectivity index (χ4n) is 1.42. The minimum absolute atomic E-state index is 0.273. The SMILES string of the molecule is CSc1nncc(-c2cnnc(OCC[Si](C)(C)C)n2)n1. The number of hydrogen-bond acceptors (Lipinski definition) is 8. The lowest BCUT2D eigenvalue weighted by Gasteiger charge is -2.14. The minimum Gasteiger partial charge on any atom is -0.463 e. The summed E-state index contributed by atoms with van der Waals surface area (Å²) in [6.07, 6.45) is 4.99. The molecule has 0 bridgehead atoms. The largest absolute Gasteiger partial charge is 0.463 e. The zero-order valence-corrected chi connectivity index (χ0v) is 14.4. The lowest BCUT2D eigenvalue weighted by atomic mass is 10.3. The van der Waals surface area contributed by atoms with E-state index in [2.05, 4.69) is 50.0 Å². The fourth-order valence-corrected chi connectivity index (χ4v) is 2.45. The summed E-state index contributed by atoms with van der Waals surface area (Å²) in [5.74, 6) is 0. The number of nitrogens with zero attached hydrogens (tertiary/aromatic N) is 6. The van der Waals surface area contributed by atoms with Crippen LogP contribution in [0.25, 0.3) is 11.4 Å². The molecule has 0 aliphatic heterocycles. The first-order chi connectivity index (χ1) is 9.98. The van der Waals surface area contributed by atoms with Crippen LogP contribution >= 0.6 is 11.8 Å². The highest BCUT2D eigenvalue weighted by Gasteiger charge is 2.14. The molecule has 0 unspecified atom stereocenters. The summed E-state index contributed by atoms with van der Waals surface area (Å²) >= 11 is 1.42. The van der Waals surface area contributed by atoms with Gasteiger partial charge in [0.1, 0.15) is 11.4 Å². The quantitative estimate of drug-likeness (QED) is 0.590. The normalized spacial score (nSPS) is 11.4. The third-order valence-electron chi connectivity index (χ3n) is 2.61. The van der Waals surface area contributed by atoms with Gasteiger partial charge in [0.15, 0.2) is 0 Å². The Hall–Kier alpha value is -1.61. The van der Waals surface area contributed by atoms with Crippen LogP contribution in [0.2, 0.25) is 25.7 Å². The molecule has 0 aliphatic carbocycles. The van der Waals surface area contributed by atoms with Crippen molar-refractivity contribution in [2.24, 2.45) is 0 Å². The summed E-state index contributed by atoms with van der Waals surface area (Å²) in [4.78, 5) is 8.65.